The Balaban J connectivity index is 2.10. The summed E-state index contributed by atoms with van der Waals surface area (Å²) in [5, 5.41) is 5.75. The largest absolute Gasteiger partial charge is 0.456 e. The van der Waals surface area contributed by atoms with Crippen molar-refractivity contribution in [3.8, 4) is 0 Å². The van der Waals surface area contributed by atoms with Crippen molar-refractivity contribution in [1.82, 2.24) is 10.6 Å². The Hall–Kier alpha value is -2.01. The first-order valence-electron chi connectivity index (χ1n) is 5.39. The number of esters is 1. The van der Waals surface area contributed by atoms with Crippen LogP contribution in [0.2, 0.25) is 5.02 Å². The number of carbonyl (C=O) groups is 2. The van der Waals surface area contributed by atoms with Gasteiger partial charge in [-0.2, -0.15) is 0 Å². The molecule has 0 saturated heterocycles. The third-order valence-corrected chi connectivity index (χ3v) is 3.28. The van der Waals surface area contributed by atoms with Crippen LogP contribution >= 0.6 is 11.6 Å². The standard InChI is InChI=1S/C12H9ClN2O3/c13-7-4-2-1-3-6(7)10-9-8(5-18-11(9)16)14-12(17)15-10/h1-4,10H,5H2,(H2,14,15,17). The number of amides is 2. The number of hydrogen-bond donors (Lipinski definition) is 2. The van der Waals surface area contributed by atoms with Gasteiger partial charge in [0.25, 0.3) is 0 Å². The van der Waals surface area contributed by atoms with E-state index in [1.54, 1.807) is 24.3 Å². The molecule has 2 N–H and O–H groups in total. The molecule has 0 bridgehead atoms. The molecule has 0 fully saturated rings. The van der Waals surface area contributed by atoms with E-state index in [0.29, 0.717) is 21.9 Å². The first-order chi connectivity index (χ1) is 8.66. The zero-order valence-corrected chi connectivity index (χ0v) is 9.95. The van der Waals surface area contributed by atoms with Crippen molar-refractivity contribution in [2.24, 2.45) is 0 Å². The van der Waals surface area contributed by atoms with Gasteiger partial charge in [0.1, 0.15) is 6.61 Å². The van der Waals surface area contributed by atoms with Crippen molar-refractivity contribution in [3.63, 3.8) is 0 Å². The fourth-order valence-corrected chi connectivity index (χ4v) is 2.38. The number of nitrogens with one attached hydrogen (secondary N) is 2. The predicted molar refractivity (Wildman–Crippen MR) is 63.8 cm³/mol. The van der Waals surface area contributed by atoms with Gasteiger partial charge in [0.05, 0.1) is 17.3 Å². The van der Waals surface area contributed by atoms with Crippen LogP contribution in [0, 0.1) is 0 Å². The van der Waals surface area contributed by atoms with Crippen molar-refractivity contribution >= 4 is 23.6 Å². The monoisotopic (exact) mass is 264 g/mol. The van der Waals surface area contributed by atoms with Crippen molar-refractivity contribution in [3.05, 3.63) is 46.1 Å². The molecule has 0 radical (unpaired) electrons. The molecule has 0 aromatic heterocycles. The second kappa shape index (κ2) is 4.03. The third-order valence-electron chi connectivity index (χ3n) is 2.94. The Morgan fingerprint density at radius 2 is 2.06 bits per heavy atom. The summed E-state index contributed by atoms with van der Waals surface area (Å²) in [6.07, 6.45) is 0. The molecule has 18 heavy (non-hydrogen) atoms. The van der Waals surface area contributed by atoms with Crippen LogP contribution in [0.1, 0.15) is 11.6 Å². The Morgan fingerprint density at radius 1 is 1.28 bits per heavy atom. The SMILES string of the molecule is O=C1NC2=C(C(=O)OC2)C(c2ccccc2Cl)N1. The summed E-state index contributed by atoms with van der Waals surface area (Å²) in [7, 11) is 0. The Kier molecular flexibility index (Phi) is 2.48. The third kappa shape index (κ3) is 1.64. The van der Waals surface area contributed by atoms with Gasteiger partial charge in [-0.15, -0.1) is 0 Å². The molecule has 6 heteroatoms. The summed E-state index contributed by atoms with van der Waals surface area (Å²) in [6.45, 7) is 0.0997. The Morgan fingerprint density at radius 3 is 2.83 bits per heavy atom. The number of halogens is 1. The van der Waals surface area contributed by atoms with E-state index in [1.807, 2.05) is 0 Å². The second-order valence-corrected chi connectivity index (χ2v) is 4.43. The van der Waals surface area contributed by atoms with Crippen molar-refractivity contribution in [2.75, 3.05) is 6.61 Å². The first-order valence-corrected chi connectivity index (χ1v) is 5.76. The van der Waals surface area contributed by atoms with Crippen LogP contribution in [0.4, 0.5) is 4.79 Å². The average molecular weight is 265 g/mol. The average Bonchev–Trinajstić information content (AvgIpc) is 2.71. The minimum atomic E-state index is -0.558. The zero-order valence-electron chi connectivity index (χ0n) is 9.20. The lowest BCUT2D eigenvalue weighted by Crippen LogP contribution is -2.44. The molecule has 2 aliphatic rings. The second-order valence-electron chi connectivity index (χ2n) is 4.02. The van der Waals surface area contributed by atoms with E-state index in [2.05, 4.69) is 10.6 Å². The summed E-state index contributed by atoms with van der Waals surface area (Å²) in [5.74, 6) is -0.428. The number of ether oxygens (including phenoxy) is 1. The highest BCUT2D eigenvalue weighted by molar-refractivity contribution is 6.31. The molecule has 1 unspecified atom stereocenters. The molecule has 2 aliphatic heterocycles. The molecule has 2 heterocycles. The van der Waals surface area contributed by atoms with Crippen LogP contribution in [0.3, 0.4) is 0 Å². The van der Waals surface area contributed by atoms with Gasteiger partial charge in [0, 0.05) is 5.02 Å². The van der Waals surface area contributed by atoms with Crippen molar-refractivity contribution < 1.29 is 14.3 Å². The van der Waals surface area contributed by atoms with E-state index in [-0.39, 0.29) is 12.6 Å². The number of benzene rings is 1. The normalized spacial score (nSPS) is 22.2. The van der Waals surface area contributed by atoms with E-state index >= 15 is 0 Å². The van der Waals surface area contributed by atoms with Gasteiger partial charge in [-0.3, -0.25) is 0 Å². The molecule has 5 nitrogen and oxygen atoms in total. The highest BCUT2D eigenvalue weighted by atomic mass is 35.5. The maximum Gasteiger partial charge on any atom is 0.338 e. The lowest BCUT2D eigenvalue weighted by Gasteiger charge is -2.25. The molecule has 0 aliphatic carbocycles. The van der Waals surface area contributed by atoms with Gasteiger partial charge in [-0.25, -0.2) is 9.59 Å². The molecule has 2 amide bonds. The molecule has 0 saturated carbocycles. The summed E-state index contributed by atoms with van der Waals surface area (Å²) in [4.78, 5) is 23.2. The fraction of sp³-hybridized carbons (Fsp3) is 0.167. The number of cyclic esters (lactones) is 1. The van der Waals surface area contributed by atoms with Gasteiger partial charge in [0.2, 0.25) is 0 Å². The quantitative estimate of drug-likeness (QED) is 0.756. The summed E-state index contributed by atoms with van der Waals surface area (Å²) >= 11 is 6.10. The van der Waals surface area contributed by atoms with Crippen LogP contribution in [-0.4, -0.2) is 18.6 Å². The van der Waals surface area contributed by atoms with E-state index in [9.17, 15) is 9.59 Å². The lowest BCUT2D eigenvalue weighted by atomic mass is 9.96. The minimum Gasteiger partial charge on any atom is -0.456 e. The highest BCUT2D eigenvalue weighted by Gasteiger charge is 2.38. The molecular weight excluding hydrogens is 256 g/mol. The summed E-state index contributed by atoms with van der Waals surface area (Å²) < 4.78 is 4.93. The van der Waals surface area contributed by atoms with E-state index < -0.39 is 12.0 Å². The first kappa shape index (κ1) is 11.1. The Labute approximate surface area is 108 Å². The van der Waals surface area contributed by atoms with Crippen LogP contribution in [-0.2, 0) is 9.53 Å². The van der Waals surface area contributed by atoms with Crippen molar-refractivity contribution in [1.29, 1.82) is 0 Å². The molecule has 1 aromatic rings. The topological polar surface area (TPSA) is 67.4 Å². The maximum atomic E-state index is 11.7. The van der Waals surface area contributed by atoms with Gasteiger partial charge in [-0.05, 0) is 11.6 Å². The van der Waals surface area contributed by atoms with Gasteiger partial charge in [0.15, 0.2) is 0 Å². The smallest absolute Gasteiger partial charge is 0.338 e. The molecule has 0 spiro atoms. The zero-order chi connectivity index (χ0) is 12.7. The van der Waals surface area contributed by atoms with E-state index in [4.69, 9.17) is 16.3 Å². The molecule has 3 rings (SSSR count). The number of carbonyl (C=O) groups excluding carboxylic acids is 2. The predicted octanol–water partition coefficient (Wildman–Crippen LogP) is 1.50. The summed E-state index contributed by atoms with van der Waals surface area (Å²) in [5.41, 5.74) is 1.61. The summed E-state index contributed by atoms with van der Waals surface area (Å²) in [6, 6.07) is 6.15. The van der Waals surface area contributed by atoms with Crippen LogP contribution in [0.25, 0.3) is 0 Å². The van der Waals surface area contributed by atoms with Crippen LogP contribution in [0.15, 0.2) is 35.5 Å². The molecule has 1 atom stereocenters. The molecule has 92 valence electrons. The van der Waals surface area contributed by atoms with Gasteiger partial charge >= 0.3 is 12.0 Å². The minimum absolute atomic E-state index is 0.0997. The van der Waals surface area contributed by atoms with Gasteiger partial charge in [-0.1, -0.05) is 29.8 Å². The van der Waals surface area contributed by atoms with Crippen LogP contribution < -0.4 is 10.6 Å². The van der Waals surface area contributed by atoms with Crippen molar-refractivity contribution in [2.45, 2.75) is 6.04 Å². The van der Waals surface area contributed by atoms with Gasteiger partial charge < -0.3 is 15.4 Å². The highest BCUT2D eigenvalue weighted by Crippen LogP contribution is 2.34. The number of rotatable bonds is 1. The Bertz CT molecular complexity index is 582. The number of hydrogen-bond acceptors (Lipinski definition) is 3. The maximum absolute atomic E-state index is 11.7. The fourth-order valence-electron chi connectivity index (χ4n) is 2.13. The molecular formula is C12H9ClN2O3. The van der Waals surface area contributed by atoms with E-state index in [0.717, 1.165) is 0 Å². The van der Waals surface area contributed by atoms with Crippen LogP contribution in [0.5, 0.6) is 0 Å². The lowest BCUT2D eigenvalue weighted by molar-refractivity contribution is -0.136. The molecule has 1 aromatic carbocycles. The van der Waals surface area contributed by atoms with E-state index in [1.165, 1.54) is 0 Å². The number of urea groups is 1.